The van der Waals surface area contributed by atoms with Crippen molar-refractivity contribution in [3.8, 4) is 0 Å². The van der Waals surface area contributed by atoms with E-state index in [0.717, 1.165) is 83.5 Å². The highest BCUT2D eigenvalue weighted by Gasteiger charge is 2.28. The van der Waals surface area contributed by atoms with Crippen LogP contribution >= 0.6 is 7.82 Å². The molecular formula is C64H116N2O6P+. The second-order valence-electron chi connectivity index (χ2n) is 21.3. The quantitative estimate of drug-likeness (QED) is 0.0243. The van der Waals surface area contributed by atoms with Gasteiger partial charge in [-0.15, -0.1) is 0 Å². The van der Waals surface area contributed by atoms with Crippen LogP contribution in [-0.4, -0.2) is 73.4 Å². The van der Waals surface area contributed by atoms with Gasteiger partial charge in [0.1, 0.15) is 13.2 Å². The molecule has 0 saturated heterocycles. The lowest BCUT2D eigenvalue weighted by Crippen LogP contribution is -2.46. The number of unbranched alkanes of at least 4 members (excludes halogenated alkanes) is 25. The number of aliphatic hydroxyl groups is 1. The van der Waals surface area contributed by atoms with Crippen molar-refractivity contribution in [3.05, 3.63) is 97.2 Å². The third-order valence-corrected chi connectivity index (χ3v) is 14.1. The molecule has 0 bridgehead atoms. The fourth-order valence-electron chi connectivity index (χ4n) is 8.42. The third-order valence-electron chi connectivity index (χ3n) is 13.1. The topological polar surface area (TPSA) is 105 Å². The highest BCUT2D eigenvalue weighted by atomic mass is 31.2. The van der Waals surface area contributed by atoms with Crippen molar-refractivity contribution in [2.24, 2.45) is 0 Å². The highest BCUT2D eigenvalue weighted by molar-refractivity contribution is 7.47. The van der Waals surface area contributed by atoms with Crippen LogP contribution < -0.4 is 5.32 Å². The number of aliphatic hydroxyl groups excluding tert-OH is 1. The van der Waals surface area contributed by atoms with E-state index in [1.165, 1.54) is 135 Å². The predicted octanol–water partition coefficient (Wildman–Crippen LogP) is 18.6. The number of phosphoric ester groups is 1. The Kier molecular flexibility index (Phi) is 52.3. The molecule has 0 rings (SSSR count). The van der Waals surface area contributed by atoms with E-state index in [9.17, 15) is 19.4 Å². The Balaban J connectivity index is 4.28. The van der Waals surface area contributed by atoms with Gasteiger partial charge in [0.05, 0.1) is 39.9 Å². The fraction of sp³-hybridized carbons (Fsp3) is 0.734. The average molecular weight is 1040 g/mol. The van der Waals surface area contributed by atoms with Gasteiger partial charge in [-0.25, -0.2) is 4.57 Å². The van der Waals surface area contributed by atoms with Gasteiger partial charge in [-0.05, 0) is 77.0 Å². The van der Waals surface area contributed by atoms with Gasteiger partial charge in [0, 0.05) is 6.42 Å². The molecule has 9 heteroatoms. The summed E-state index contributed by atoms with van der Waals surface area (Å²) in [4.78, 5) is 23.4. The molecule has 0 aliphatic carbocycles. The lowest BCUT2D eigenvalue weighted by molar-refractivity contribution is -0.870. The largest absolute Gasteiger partial charge is 0.472 e. The molecule has 8 nitrogen and oxygen atoms in total. The zero-order chi connectivity index (χ0) is 53.5. The van der Waals surface area contributed by atoms with Crippen molar-refractivity contribution in [1.29, 1.82) is 0 Å². The number of carbonyl (C=O) groups is 1. The smallest absolute Gasteiger partial charge is 0.391 e. The van der Waals surface area contributed by atoms with E-state index in [-0.39, 0.29) is 19.1 Å². The maximum absolute atomic E-state index is 13.0. The maximum Gasteiger partial charge on any atom is 0.472 e. The summed E-state index contributed by atoms with van der Waals surface area (Å²) in [6.45, 7) is 4.75. The van der Waals surface area contributed by atoms with Gasteiger partial charge >= 0.3 is 7.82 Å². The van der Waals surface area contributed by atoms with E-state index in [1.807, 2.05) is 21.1 Å². The Morgan fingerprint density at radius 1 is 0.479 bits per heavy atom. The Hall–Kier alpha value is -2.58. The Bertz CT molecular complexity index is 1510. The third kappa shape index (κ3) is 57.0. The number of hydrogen-bond acceptors (Lipinski definition) is 5. The molecule has 1 amide bonds. The molecule has 3 N–H and O–H groups in total. The highest BCUT2D eigenvalue weighted by Crippen LogP contribution is 2.43. The number of nitrogens with one attached hydrogen (secondary N) is 1. The van der Waals surface area contributed by atoms with Crippen molar-refractivity contribution in [2.75, 3.05) is 40.9 Å². The monoisotopic (exact) mass is 1040 g/mol. The van der Waals surface area contributed by atoms with Crippen LogP contribution in [0.5, 0.6) is 0 Å². The van der Waals surface area contributed by atoms with Crippen molar-refractivity contribution in [3.63, 3.8) is 0 Å². The van der Waals surface area contributed by atoms with Crippen molar-refractivity contribution >= 4 is 13.7 Å². The van der Waals surface area contributed by atoms with Crippen LogP contribution in [-0.2, 0) is 18.4 Å². The minimum atomic E-state index is -4.35. The van der Waals surface area contributed by atoms with Crippen LogP contribution in [0.4, 0.5) is 0 Å². The molecule has 0 aromatic carbocycles. The Morgan fingerprint density at radius 2 is 0.822 bits per heavy atom. The number of hydrogen-bond donors (Lipinski definition) is 3. The molecule has 0 aliphatic heterocycles. The zero-order valence-electron chi connectivity index (χ0n) is 48.1. The van der Waals surface area contributed by atoms with Crippen LogP contribution in [0, 0.1) is 0 Å². The molecule has 0 heterocycles. The molecule has 3 unspecified atom stereocenters. The Labute approximate surface area is 451 Å². The molecule has 0 aliphatic rings. The number of allylic oxidation sites excluding steroid dienone is 16. The summed E-state index contributed by atoms with van der Waals surface area (Å²) in [5, 5.41) is 14.1. The maximum atomic E-state index is 13.0. The van der Waals surface area contributed by atoms with E-state index in [0.29, 0.717) is 30.3 Å². The molecule has 73 heavy (non-hydrogen) atoms. The number of likely N-dealkylation sites (N-methyl/N-ethyl adjacent to an activating group) is 1. The summed E-state index contributed by atoms with van der Waals surface area (Å²) >= 11 is 0. The first kappa shape index (κ1) is 70.4. The van der Waals surface area contributed by atoms with Crippen LogP contribution in [0.2, 0.25) is 0 Å². The van der Waals surface area contributed by atoms with E-state index < -0.39 is 20.0 Å². The second kappa shape index (κ2) is 54.2. The number of amides is 1. The van der Waals surface area contributed by atoms with Crippen LogP contribution in [0.1, 0.15) is 251 Å². The zero-order valence-corrected chi connectivity index (χ0v) is 49.0. The van der Waals surface area contributed by atoms with Crippen LogP contribution in [0.15, 0.2) is 97.2 Å². The molecule has 0 aromatic heterocycles. The second-order valence-corrected chi connectivity index (χ2v) is 22.8. The Morgan fingerprint density at radius 3 is 1.18 bits per heavy atom. The van der Waals surface area contributed by atoms with Gasteiger partial charge < -0.3 is 19.8 Å². The van der Waals surface area contributed by atoms with Gasteiger partial charge in [0.25, 0.3) is 0 Å². The first-order valence-electron chi connectivity index (χ1n) is 30.1. The van der Waals surface area contributed by atoms with Crippen molar-refractivity contribution in [1.82, 2.24) is 5.32 Å². The standard InChI is InChI=1S/C64H115N2O6P/c1-6-8-10-12-14-16-18-20-22-24-26-28-30-32-33-34-36-38-40-42-44-46-48-50-52-54-56-58-64(68)65-62(61-72-73(69,70)71-60-59-66(3,4)5)63(67)57-55-53-51-49-47-45-43-41-39-37-35-31-29-27-25-23-21-19-17-15-13-11-9-7-2/h8,10,14,16,20,22,26,28,32-33,36,38,42,44,48,50,62-63,67H,6-7,9,11-13,15,17-19,21,23-25,27,29-31,34-35,37,39-41,43,45-47,49,51-61H2,1-5H3,(H-,65,68,69,70)/p+1/b10-8-,16-14-,22-20-,28-26-,33-32-,38-36-,44-42-,50-48-. The van der Waals surface area contributed by atoms with Crippen molar-refractivity contribution < 1.29 is 32.9 Å². The van der Waals surface area contributed by atoms with Gasteiger partial charge in [-0.1, -0.05) is 265 Å². The van der Waals surface area contributed by atoms with Gasteiger partial charge in [0.2, 0.25) is 5.91 Å². The summed E-state index contributed by atoms with van der Waals surface area (Å²) in [6, 6.07) is -0.792. The van der Waals surface area contributed by atoms with Crippen LogP contribution in [0.25, 0.3) is 0 Å². The number of phosphoric acid groups is 1. The predicted molar refractivity (Wildman–Crippen MR) is 318 cm³/mol. The number of rotatable bonds is 54. The molecule has 0 radical (unpaired) electrons. The lowest BCUT2D eigenvalue weighted by atomic mass is 10.0. The summed E-state index contributed by atoms with van der Waals surface area (Å²) < 4.78 is 23.8. The fourth-order valence-corrected chi connectivity index (χ4v) is 9.15. The van der Waals surface area contributed by atoms with Gasteiger partial charge in [0.15, 0.2) is 0 Å². The van der Waals surface area contributed by atoms with E-state index in [4.69, 9.17) is 9.05 Å². The SMILES string of the molecule is CC/C=C\C/C=C\C/C=C\C/C=C\C/C=C\C/C=C\C/C=C\C/C=C\CCCCC(=O)NC(COP(=O)(O)OCC[N+](C)(C)C)C(O)CCCCCCCCCCCCCCCCCCCCCCCCCC. The van der Waals surface area contributed by atoms with Gasteiger partial charge in [-0.3, -0.25) is 13.8 Å². The summed E-state index contributed by atoms with van der Waals surface area (Å²) in [6.07, 6.45) is 77.6. The summed E-state index contributed by atoms with van der Waals surface area (Å²) in [5.74, 6) is -0.188. The van der Waals surface area contributed by atoms with Gasteiger partial charge in [-0.2, -0.15) is 0 Å². The lowest BCUT2D eigenvalue weighted by Gasteiger charge is -2.26. The number of quaternary nitrogens is 1. The molecule has 0 aromatic rings. The molecular weight excluding hydrogens is 924 g/mol. The van der Waals surface area contributed by atoms with Crippen molar-refractivity contribution in [2.45, 2.75) is 264 Å². The summed E-state index contributed by atoms with van der Waals surface area (Å²) in [5.41, 5.74) is 0. The van der Waals surface area contributed by atoms with E-state index >= 15 is 0 Å². The van der Waals surface area contributed by atoms with E-state index in [2.05, 4.69) is 116 Å². The number of carbonyl (C=O) groups excluding carboxylic acids is 1. The molecule has 3 atom stereocenters. The molecule has 0 saturated carbocycles. The molecule has 0 fully saturated rings. The average Bonchev–Trinajstić information content (AvgIpc) is 3.35. The summed E-state index contributed by atoms with van der Waals surface area (Å²) in [7, 11) is 1.58. The van der Waals surface area contributed by atoms with Crippen LogP contribution in [0.3, 0.4) is 0 Å². The number of nitrogens with zero attached hydrogens (tertiary/aromatic N) is 1. The first-order valence-corrected chi connectivity index (χ1v) is 31.6. The minimum Gasteiger partial charge on any atom is -0.391 e. The molecule has 422 valence electrons. The van der Waals surface area contributed by atoms with E-state index in [1.54, 1.807) is 0 Å². The normalized spacial score (nSPS) is 14.6. The molecule has 0 spiro atoms. The minimum absolute atomic E-state index is 0.0610. The first-order chi connectivity index (χ1) is 35.5.